The fourth-order valence-electron chi connectivity index (χ4n) is 3.21. The van der Waals surface area contributed by atoms with E-state index in [-0.39, 0.29) is 0 Å². The van der Waals surface area contributed by atoms with Gasteiger partial charge in [0.1, 0.15) is 5.75 Å². The zero-order valence-electron chi connectivity index (χ0n) is 13.3. The van der Waals surface area contributed by atoms with Crippen LogP contribution in [0.3, 0.4) is 0 Å². The third-order valence-corrected chi connectivity index (χ3v) is 4.40. The molecule has 0 amide bonds. The van der Waals surface area contributed by atoms with Gasteiger partial charge in [-0.3, -0.25) is 5.32 Å². The predicted octanol–water partition coefficient (Wildman–Crippen LogP) is 3.73. The molecule has 3 heteroatoms. The lowest BCUT2D eigenvalue weighted by Crippen LogP contribution is -2.51. The molecule has 2 unspecified atom stereocenters. The van der Waals surface area contributed by atoms with E-state index in [0.29, 0.717) is 12.8 Å². The highest BCUT2D eigenvalue weighted by Crippen LogP contribution is 2.37. The minimum absolute atomic E-state index is 0.389. The van der Waals surface area contributed by atoms with Crippen LogP contribution in [0.5, 0.6) is 5.75 Å². The smallest absolute Gasteiger partial charge is 0.184 e. The number of fused-ring (bicyclic) bond motifs is 1. The van der Waals surface area contributed by atoms with Crippen LogP contribution >= 0.6 is 0 Å². The van der Waals surface area contributed by atoms with Crippen molar-refractivity contribution in [3.63, 3.8) is 0 Å². The maximum absolute atomic E-state index is 15.5. The van der Waals surface area contributed by atoms with E-state index >= 15 is 4.39 Å². The molecule has 0 aliphatic heterocycles. The SMILES string of the molecule is CNC(Oc1ccccc1C)C1(F)Cc2ccc(C)cc2C1. The summed E-state index contributed by atoms with van der Waals surface area (Å²) in [5.74, 6) is 0.728. The number of alkyl halides is 1. The molecule has 1 aliphatic carbocycles. The number of benzene rings is 2. The predicted molar refractivity (Wildman–Crippen MR) is 87.1 cm³/mol. The molecule has 2 aromatic carbocycles. The third kappa shape index (κ3) is 2.73. The first-order valence-corrected chi connectivity index (χ1v) is 7.69. The van der Waals surface area contributed by atoms with E-state index in [0.717, 1.165) is 22.4 Å². The summed E-state index contributed by atoms with van der Waals surface area (Å²) in [6, 6.07) is 13.9. The molecule has 2 atom stereocenters. The Balaban J connectivity index is 1.84. The number of halogens is 1. The average molecular weight is 299 g/mol. The Morgan fingerprint density at radius 2 is 1.82 bits per heavy atom. The lowest BCUT2D eigenvalue weighted by atomic mass is 10.00. The van der Waals surface area contributed by atoms with Crippen molar-refractivity contribution in [3.05, 3.63) is 64.7 Å². The highest BCUT2D eigenvalue weighted by atomic mass is 19.1. The van der Waals surface area contributed by atoms with E-state index in [1.54, 1.807) is 7.05 Å². The Kier molecular flexibility index (Phi) is 3.92. The van der Waals surface area contributed by atoms with E-state index < -0.39 is 11.9 Å². The van der Waals surface area contributed by atoms with Crippen LogP contribution in [-0.4, -0.2) is 18.9 Å². The quantitative estimate of drug-likeness (QED) is 0.869. The van der Waals surface area contributed by atoms with Crippen LogP contribution in [0.25, 0.3) is 0 Å². The summed E-state index contributed by atoms with van der Waals surface area (Å²) in [5.41, 5.74) is 2.94. The van der Waals surface area contributed by atoms with Gasteiger partial charge in [0.2, 0.25) is 0 Å². The van der Waals surface area contributed by atoms with E-state index in [1.807, 2.05) is 50.2 Å². The summed E-state index contributed by atoms with van der Waals surface area (Å²) in [5, 5.41) is 3.01. The number of hydrogen-bond donors (Lipinski definition) is 1. The summed E-state index contributed by atoms with van der Waals surface area (Å²) in [4.78, 5) is 0. The van der Waals surface area contributed by atoms with E-state index in [9.17, 15) is 0 Å². The van der Waals surface area contributed by atoms with Gasteiger partial charge < -0.3 is 4.74 Å². The van der Waals surface area contributed by atoms with Crippen LogP contribution in [0, 0.1) is 13.8 Å². The fourth-order valence-corrected chi connectivity index (χ4v) is 3.21. The molecule has 3 rings (SSSR count). The summed E-state index contributed by atoms with van der Waals surface area (Å²) in [6.45, 7) is 4.01. The van der Waals surface area contributed by atoms with Crippen LogP contribution < -0.4 is 10.1 Å². The van der Waals surface area contributed by atoms with E-state index in [4.69, 9.17) is 4.74 Å². The normalized spacial score (nSPS) is 21.5. The van der Waals surface area contributed by atoms with Crippen LogP contribution in [0.2, 0.25) is 0 Å². The monoisotopic (exact) mass is 299 g/mol. The minimum Gasteiger partial charge on any atom is -0.472 e. The fraction of sp³-hybridized carbons (Fsp3) is 0.368. The molecule has 0 spiro atoms. The zero-order valence-corrected chi connectivity index (χ0v) is 13.3. The van der Waals surface area contributed by atoms with Crippen molar-refractivity contribution >= 4 is 0 Å². The Morgan fingerprint density at radius 1 is 1.09 bits per heavy atom. The maximum atomic E-state index is 15.5. The van der Waals surface area contributed by atoms with Crippen molar-refractivity contribution < 1.29 is 9.13 Å². The number of nitrogens with one attached hydrogen (secondary N) is 1. The first-order chi connectivity index (χ1) is 10.5. The van der Waals surface area contributed by atoms with Crippen molar-refractivity contribution in [1.82, 2.24) is 5.32 Å². The molecule has 2 nitrogen and oxygen atoms in total. The first kappa shape index (κ1) is 15.0. The van der Waals surface area contributed by atoms with E-state index in [1.165, 1.54) is 5.56 Å². The minimum atomic E-state index is -1.42. The Hall–Kier alpha value is -1.87. The van der Waals surface area contributed by atoms with Gasteiger partial charge in [0, 0.05) is 12.8 Å². The van der Waals surface area contributed by atoms with Gasteiger partial charge in [-0.15, -0.1) is 0 Å². The van der Waals surface area contributed by atoms with Gasteiger partial charge in [0.15, 0.2) is 11.9 Å². The van der Waals surface area contributed by atoms with Gasteiger partial charge in [-0.1, -0.05) is 42.0 Å². The summed E-state index contributed by atoms with van der Waals surface area (Å²) in [7, 11) is 1.75. The van der Waals surface area contributed by atoms with Crippen molar-refractivity contribution in [2.24, 2.45) is 0 Å². The standard InChI is InChI=1S/C19H22FNO/c1-13-8-9-15-11-19(20,12-16(15)10-13)18(21-3)22-17-7-5-4-6-14(17)2/h4-10,18,21H,11-12H2,1-3H3. The molecule has 0 heterocycles. The number of para-hydroxylation sites is 1. The maximum Gasteiger partial charge on any atom is 0.184 e. The largest absolute Gasteiger partial charge is 0.472 e. The Labute approximate surface area is 131 Å². The van der Waals surface area contributed by atoms with Crippen molar-refractivity contribution in [1.29, 1.82) is 0 Å². The van der Waals surface area contributed by atoms with E-state index in [2.05, 4.69) is 11.4 Å². The molecule has 1 N–H and O–H groups in total. The van der Waals surface area contributed by atoms with Crippen LogP contribution in [0.1, 0.15) is 22.3 Å². The van der Waals surface area contributed by atoms with Gasteiger partial charge >= 0.3 is 0 Å². The molecule has 0 saturated carbocycles. The van der Waals surface area contributed by atoms with Gasteiger partial charge in [0.05, 0.1) is 0 Å². The lowest BCUT2D eigenvalue weighted by molar-refractivity contribution is -0.00147. The number of aryl methyl sites for hydroxylation is 2. The van der Waals surface area contributed by atoms with Crippen LogP contribution in [0.4, 0.5) is 4.39 Å². The molecule has 22 heavy (non-hydrogen) atoms. The second-order valence-corrected chi connectivity index (χ2v) is 6.21. The van der Waals surface area contributed by atoms with Crippen molar-refractivity contribution in [3.8, 4) is 5.75 Å². The topological polar surface area (TPSA) is 21.3 Å². The van der Waals surface area contributed by atoms with Gasteiger partial charge in [-0.05, 0) is 43.7 Å². The number of hydrogen-bond acceptors (Lipinski definition) is 2. The van der Waals surface area contributed by atoms with Gasteiger partial charge in [-0.2, -0.15) is 0 Å². The average Bonchev–Trinajstić information content (AvgIpc) is 2.82. The summed E-state index contributed by atoms with van der Waals surface area (Å²) < 4.78 is 21.5. The van der Waals surface area contributed by atoms with Crippen molar-refractivity contribution in [2.45, 2.75) is 38.6 Å². The number of rotatable bonds is 4. The Morgan fingerprint density at radius 3 is 2.55 bits per heavy atom. The van der Waals surface area contributed by atoms with Gasteiger partial charge in [0.25, 0.3) is 0 Å². The second kappa shape index (κ2) is 5.73. The third-order valence-electron chi connectivity index (χ3n) is 4.40. The highest BCUT2D eigenvalue weighted by molar-refractivity contribution is 5.39. The second-order valence-electron chi connectivity index (χ2n) is 6.21. The van der Waals surface area contributed by atoms with Crippen LogP contribution in [0.15, 0.2) is 42.5 Å². The molecule has 0 saturated heterocycles. The Bertz CT molecular complexity index is 685. The summed E-state index contributed by atoms with van der Waals surface area (Å²) >= 11 is 0. The molecular formula is C19H22FNO. The van der Waals surface area contributed by atoms with Gasteiger partial charge in [-0.25, -0.2) is 4.39 Å². The molecule has 0 fully saturated rings. The number of ether oxygens (including phenoxy) is 1. The molecule has 0 aromatic heterocycles. The lowest BCUT2D eigenvalue weighted by Gasteiger charge is -2.30. The zero-order chi connectivity index (χ0) is 15.7. The summed E-state index contributed by atoms with van der Waals surface area (Å²) in [6.07, 6.45) is 0.114. The molecule has 0 bridgehead atoms. The molecule has 2 aromatic rings. The van der Waals surface area contributed by atoms with Crippen LogP contribution in [-0.2, 0) is 12.8 Å². The first-order valence-electron chi connectivity index (χ1n) is 7.69. The molecule has 1 aliphatic rings. The molecule has 116 valence electrons. The van der Waals surface area contributed by atoms with Crippen molar-refractivity contribution in [2.75, 3.05) is 7.05 Å². The molecule has 0 radical (unpaired) electrons. The highest BCUT2D eigenvalue weighted by Gasteiger charge is 2.45. The molecular weight excluding hydrogens is 277 g/mol.